The van der Waals surface area contributed by atoms with E-state index >= 15 is 0 Å². The molecule has 0 unspecified atom stereocenters. The Kier molecular flexibility index (Phi) is 4.27. The molecule has 0 spiro atoms. The minimum Gasteiger partial charge on any atom is -0.486 e. The number of thiazole rings is 1. The maximum atomic E-state index is 6.02. The molecule has 0 N–H and O–H groups in total. The van der Waals surface area contributed by atoms with Crippen molar-refractivity contribution in [3.05, 3.63) is 63.7 Å². The molecule has 0 saturated carbocycles. The van der Waals surface area contributed by atoms with E-state index in [1.165, 1.54) is 4.88 Å². The number of furan rings is 1. The minimum atomic E-state index is 0.520. The first kappa shape index (κ1) is 17.6. The number of thiocarbonyl (C=S) groups is 1. The van der Waals surface area contributed by atoms with Gasteiger partial charge in [0.1, 0.15) is 16.2 Å². The van der Waals surface area contributed by atoms with Gasteiger partial charge in [-0.25, -0.2) is 4.98 Å². The summed E-state index contributed by atoms with van der Waals surface area (Å²) in [5.41, 5.74) is 4.90. The summed E-state index contributed by atoms with van der Waals surface area (Å²) in [4.78, 5) is 7.02. The Morgan fingerprint density at radius 3 is 2.75 bits per heavy atom. The minimum absolute atomic E-state index is 0.520. The Morgan fingerprint density at radius 2 is 1.89 bits per heavy atom. The molecule has 0 aliphatic rings. The Labute approximate surface area is 175 Å². The second-order valence-corrected chi connectivity index (χ2v) is 8.90. The van der Waals surface area contributed by atoms with Gasteiger partial charge in [-0.1, -0.05) is 24.3 Å². The summed E-state index contributed by atoms with van der Waals surface area (Å²) in [5.74, 6) is 0. The number of para-hydroxylation sites is 1. The van der Waals surface area contributed by atoms with Crippen LogP contribution in [0.15, 0.2) is 58.3 Å². The molecule has 0 saturated heterocycles. The lowest BCUT2D eigenvalue weighted by Crippen LogP contribution is -1.94. The number of aryl methyl sites for hydroxylation is 1. The molecule has 5 rings (SSSR count). The average molecular weight is 422 g/mol. The molecule has 28 heavy (non-hydrogen) atoms. The standard InChI is InChI=1S/C22H15NO2S3/c1-12-16(10-20(28-12)22(26)24-2)21-23-17(11-27-21)13-7-8-15-14-5-3-4-6-18(14)25-19(15)9-13/h3-11H,1-2H3. The number of thiophene rings is 1. The van der Waals surface area contributed by atoms with Gasteiger partial charge < -0.3 is 9.15 Å². The molecule has 3 heterocycles. The Balaban J connectivity index is 1.55. The van der Waals surface area contributed by atoms with Gasteiger partial charge in [0.15, 0.2) is 0 Å². The van der Waals surface area contributed by atoms with Crippen LogP contribution in [-0.2, 0) is 4.74 Å². The van der Waals surface area contributed by atoms with Gasteiger partial charge in [0.2, 0.25) is 5.05 Å². The topological polar surface area (TPSA) is 35.3 Å². The third kappa shape index (κ3) is 2.85. The molecule has 0 aliphatic carbocycles. The number of nitrogens with zero attached hydrogens (tertiary/aromatic N) is 1. The highest BCUT2D eigenvalue weighted by atomic mass is 32.1. The Morgan fingerprint density at radius 1 is 1.07 bits per heavy atom. The van der Waals surface area contributed by atoms with E-state index < -0.39 is 0 Å². The molecule has 3 aromatic heterocycles. The molecule has 0 aliphatic heterocycles. The normalized spacial score (nSPS) is 11.4. The molecule has 0 fully saturated rings. The molecular weight excluding hydrogens is 406 g/mol. The van der Waals surface area contributed by atoms with E-state index in [0.717, 1.165) is 48.6 Å². The largest absolute Gasteiger partial charge is 0.486 e. The van der Waals surface area contributed by atoms with Crippen molar-refractivity contribution in [3.8, 4) is 21.8 Å². The van der Waals surface area contributed by atoms with Crippen molar-refractivity contribution in [2.45, 2.75) is 6.92 Å². The fraction of sp³-hybridized carbons (Fsp3) is 0.0909. The second-order valence-electron chi connectivity index (χ2n) is 6.42. The molecule has 3 nitrogen and oxygen atoms in total. The average Bonchev–Trinajstić information content (AvgIpc) is 3.43. The van der Waals surface area contributed by atoms with Crippen molar-refractivity contribution in [3.63, 3.8) is 0 Å². The third-order valence-corrected chi connectivity index (χ3v) is 7.15. The first-order valence-corrected chi connectivity index (χ1v) is 10.8. The summed E-state index contributed by atoms with van der Waals surface area (Å²) in [5, 5.41) is 5.86. The van der Waals surface area contributed by atoms with Crippen LogP contribution in [-0.4, -0.2) is 17.1 Å². The van der Waals surface area contributed by atoms with Gasteiger partial charge in [0, 0.05) is 32.2 Å². The lowest BCUT2D eigenvalue weighted by molar-refractivity contribution is 0.417. The molecule has 138 valence electrons. The molecule has 0 atom stereocenters. The number of hydrogen-bond acceptors (Lipinski definition) is 6. The highest BCUT2D eigenvalue weighted by Crippen LogP contribution is 2.37. The molecule has 0 bridgehead atoms. The second kappa shape index (κ2) is 6.81. The number of methoxy groups -OCH3 is 1. The number of rotatable bonds is 3. The van der Waals surface area contributed by atoms with Crippen molar-refractivity contribution in [2.24, 2.45) is 0 Å². The van der Waals surface area contributed by atoms with Gasteiger partial charge in [-0.15, -0.1) is 22.7 Å². The van der Waals surface area contributed by atoms with Gasteiger partial charge in [-0.2, -0.15) is 0 Å². The SMILES string of the molecule is COC(=S)c1cc(-c2nc(-c3ccc4c(c3)oc3ccccc34)cs2)c(C)s1. The van der Waals surface area contributed by atoms with E-state index in [9.17, 15) is 0 Å². The first-order valence-electron chi connectivity index (χ1n) is 8.70. The van der Waals surface area contributed by atoms with E-state index in [0.29, 0.717) is 5.05 Å². The van der Waals surface area contributed by atoms with E-state index in [1.54, 1.807) is 29.8 Å². The van der Waals surface area contributed by atoms with Crippen LogP contribution in [0.4, 0.5) is 0 Å². The summed E-state index contributed by atoms with van der Waals surface area (Å²) in [7, 11) is 1.60. The van der Waals surface area contributed by atoms with Gasteiger partial charge in [0.05, 0.1) is 17.7 Å². The molecule has 0 amide bonds. The number of benzene rings is 2. The predicted molar refractivity (Wildman–Crippen MR) is 122 cm³/mol. The Hall–Kier alpha value is -2.54. The zero-order valence-corrected chi connectivity index (χ0v) is 17.6. The van der Waals surface area contributed by atoms with E-state index in [4.69, 9.17) is 26.4 Å². The third-order valence-electron chi connectivity index (χ3n) is 4.71. The summed E-state index contributed by atoms with van der Waals surface area (Å²) in [6.45, 7) is 2.09. The van der Waals surface area contributed by atoms with Gasteiger partial charge in [0.25, 0.3) is 0 Å². The van der Waals surface area contributed by atoms with Crippen LogP contribution in [0.2, 0.25) is 0 Å². The number of fused-ring (bicyclic) bond motifs is 3. The van der Waals surface area contributed by atoms with Crippen molar-refractivity contribution >= 4 is 61.9 Å². The van der Waals surface area contributed by atoms with E-state index in [2.05, 4.69) is 42.6 Å². The van der Waals surface area contributed by atoms with Gasteiger partial charge in [-0.3, -0.25) is 0 Å². The number of ether oxygens (including phenoxy) is 1. The predicted octanol–water partition coefficient (Wildman–Crippen LogP) is 7.07. The molecule has 2 aromatic carbocycles. The monoisotopic (exact) mass is 421 g/mol. The van der Waals surface area contributed by atoms with E-state index in [1.807, 2.05) is 18.2 Å². The quantitative estimate of drug-likeness (QED) is 0.292. The molecule has 5 aromatic rings. The number of aromatic nitrogens is 1. The highest BCUT2D eigenvalue weighted by molar-refractivity contribution is 7.80. The van der Waals surface area contributed by atoms with Crippen molar-refractivity contribution in [2.75, 3.05) is 7.11 Å². The fourth-order valence-electron chi connectivity index (χ4n) is 3.31. The molecule has 6 heteroatoms. The number of hydrogen-bond donors (Lipinski definition) is 0. The molecule has 0 radical (unpaired) electrons. The zero-order chi connectivity index (χ0) is 19.3. The first-order chi connectivity index (χ1) is 13.6. The zero-order valence-electron chi connectivity index (χ0n) is 15.2. The Bertz CT molecular complexity index is 1340. The van der Waals surface area contributed by atoms with Crippen LogP contribution >= 0.6 is 34.9 Å². The van der Waals surface area contributed by atoms with Crippen LogP contribution < -0.4 is 0 Å². The summed E-state index contributed by atoms with van der Waals surface area (Å²) >= 11 is 8.53. The lowest BCUT2D eigenvalue weighted by Gasteiger charge is -1.97. The summed E-state index contributed by atoms with van der Waals surface area (Å²) in [6.07, 6.45) is 0. The maximum absolute atomic E-state index is 6.02. The summed E-state index contributed by atoms with van der Waals surface area (Å²) in [6, 6.07) is 16.5. The highest BCUT2D eigenvalue weighted by Gasteiger charge is 2.15. The van der Waals surface area contributed by atoms with Crippen LogP contribution in [0.3, 0.4) is 0 Å². The lowest BCUT2D eigenvalue weighted by atomic mass is 10.1. The maximum Gasteiger partial charge on any atom is 0.201 e. The van der Waals surface area contributed by atoms with Crippen molar-refractivity contribution < 1.29 is 9.15 Å². The summed E-state index contributed by atoms with van der Waals surface area (Å²) < 4.78 is 11.2. The fourth-order valence-corrected chi connectivity index (χ4v) is 5.40. The smallest absolute Gasteiger partial charge is 0.201 e. The van der Waals surface area contributed by atoms with Crippen LogP contribution in [0.25, 0.3) is 43.8 Å². The van der Waals surface area contributed by atoms with E-state index in [-0.39, 0.29) is 0 Å². The van der Waals surface area contributed by atoms with Crippen LogP contribution in [0, 0.1) is 6.92 Å². The van der Waals surface area contributed by atoms with Crippen molar-refractivity contribution in [1.29, 1.82) is 0 Å². The van der Waals surface area contributed by atoms with Crippen LogP contribution in [0.1, 0.15) is 9.75 Å². The molecular formula is C22H15NO2S3. The van der Waals surface area contributed by atoms with Gasteiger partial charge >= 0.3 is 0 Å². The van der Waals surface area contributed by atoms with Crippen molar-refractivity contribution in [1.82, 2.24) is 4.98 Å². The van der Waals surface area contributed by atoms with Gasteiger partial charge in [-0.05, 0) is 43.4 Å². The van der Waals surface area contributed by atoms with Crippen LogP contribution in [0.5, 0.6) is 0 Å².